The molecule has 2 amide bonds. The van der Waals surface area contributed by atoms with Crippen LogP contribution in [0.5, 0.6) is 0 Å². The monoisotopic (exact) mass is 340 g/mol. The maximum Gasteiger partial charge on any atom is 0.239 e. The van der Waals surface area contributed by atoms with Crippen molar-refractivity contribution in [1.29, 1.82) is 0 Å². The van der Waals surface area contributed by atoms with Crippen LogP contribution >= 0.6 is 0 Å². The summed E-state index contributed by atoms with van der Waals surface area (Å²) in [7, 11) is 0. The molecule has 1 aliphatic rings. The number of halogens is 1. The van der Waals surface area contributed by atoms with Crippen molar-refractivity contribution < 1.29 is 14.0 Å². The summed E-state index contributed by atoms with van der Waals surface area (Å²) in [4.78, 5) is 24.1. The fourth-order valence-electron chi connectivity index (χ4n) is 3.22. The zero-order valence-electron chi connectivity index (χ0n) is 13.9. The molecule has 2 aromatic carbocycles. The number of hydrogen-bond donors (Lipinski definition) is 2. The molecule has 3 rings (SSSR count). The first kappa shape index (κ1) is 17.1. The molecular formula is C20H21FN2O2. The van der Waals surface area contributed by atoms with Crippen LogP contribution in [0.1, 0.15) is 35.6 Å². The average molecular weight is 340 g/mol. The number of amides is 2. The first-order valence-electron chi connectivity index (χ1n) is 8.50. The van der Waals surface area contributed by atoms with Gasteiger partial charge in [0.25, 0.3) is 0 Å². The Hall–Kier alpha value is -2.69. The highest BCUT2D eigenvalue weighted by atomic mass is 19.1. The lowest BCUT2D eigenvalue weighted by atomic mass is 9.88. The molecule has 0 spiro atoms. The van der Waals surface area contributed by atoms with Crippen LogP contribution < -0.4 is 10.6 Å². The van der Waals surface area contributed by atoms with Crippen molar-refractivity contribution in [3.63, 3.8) is 0 Å². The number of hydrogen-bond acceptors (Lipinski definition) is 2. The molecule has 0 aliphatic heterocycles. The highest BCUT2D eigenvalue weighted by Crippen LogP contribution is 2.29. The molecule has 0 heterocycles. The van der Waals surface area contributed by atoms with E-state index in [0.717, 1.165) is 24.8 Å². The second-order valence-corrected chi connectivity index (χ2v) is 6.29. The Balaban J connectivity index is 1.49. The summed E-state index contributed by atoms with van der Waals surface area (Å²) in [5, 5.41) is 5.58. The molecule has 2 N–H and O–H groups in total. The first-order valence-corrected chi connectivity index (χ1v) is 8.50. The van der Waals surface area contributed by atoms with Gasteiger partial charge in [-0.2, -0.15) is 0 Å². The Kier molecular flexibility index (Phi) is 5.43. The molecular weight excluding hydrogens is 319 g/mol. The fourth-order valence-corrected chi connectivity index (χ4v) is 3.22. The molecule has 0 bridgehead atoms. The lowest BCUT2D eigenvalue weighted by Crippen LogP contribution is -2.40. The topological polar surface area (TPSA) is 58.2 Å². The molecule has 4 nitrogen and oxygen atoms in total. The zero-order valence-corrected chi connectivity index (χ0v) is 13.9. The Morgan fingerprint density at radius 3 is 2.76 bits per heavy atom. The number of rotatable bonds is 5. The number of aryl methyl sites for hydroxylation is 1. The van der Waals surface area contributed by atoms with Crippen molar-refractivity contribution in [2.75, 3.05) is 6.54 Å². The maximum absolute atomic E-state index is 13.1. The summed E-state index contributed by atoms with van der Waals surface area (Å²) in [5.41, 5.74) is 3.02. The molecule has 0 saturated heterocycles. The predicted molar refractivity (Wildman–Crippen MR) is 93.4 cm³/mol. The van der Waals surface area contributed by atoms with Gasteiger partial charge in [0.15, 0.2) is 0 Å². The smallest absolute Gasteiger partial charge is 0.239 e. The normalized spacial score (nSPS) is 16.0. The molecule has 1 atom stereocenters. The van der Waals surface area contributed by atoms with E-state index in [4.69, 9.17) is 0 Å². The van der Waals surface area contributed by atoms with E-state index in [2.05, 4.69) is 16.7 Å². The molecule has 1 aliphatic carbocycles. The number of fused-ring (bicyclic) bond motifs is 1. The standard InChI is InChI=1S/C20H21FN2O2/c21-16-8-3-5-14(11-16)12-19(24)22-13-20(25)23-18-10-4-7-15-6-1-2-9-17(15)18/h1-3,5-6,8-9,11,18H,4,7,10,12-13H2,(H,22,24)(H,23,25). The van der Waals surface area contributed by atoms with Crippen molar-refractivity contribution >= 4 is 11.8 Å². The van der Waals surface area contributed by atoms with Gasteiger partial charge in [0.05, 0.1) is 19.0 Å². The Morgan fingerprint density at radius 1 is 1.08 bits per heavy atom. The van der Waals surface area contributed by atoms with Gasteiger partial charge >= 0.3 is 0 Å². The van der Waals surface area contributed by atoms with E-state index < -0.39 is 0 Å². The largest absolute Gasteiger partial charge is 0.348 e. The third-order valence-electron chi connectivity index (χ3n) is 4.40. The quantitative estimate of drug-likeness (QED) is 0.879. The van der Waals surface area contributed by atoms with Gasteiger partial charge < -0.3 is 10.6 Å². The highest BCUT2D eigenvalue weighted by molar-refractivity contribution is 5.85. The van der Waals surface area contributed by atoms with Crippen LogP contribution in [0.25, 0.3) is 0 Å². The summed E-state index contributed by atoms with van der Waals surface area (Å²) in [6.45, 7) is -0.0766. The minimum Gasteiger partial charge on any atom is -0.348 e. The molecule has 0 fully saturated rings. The van der Waals surface area contributed by atoms with Crippen molar-refractivity contribution in [2.45, 2.75) is 31.7 Å². The molecule has 1 unspecified atom stereocenters. The summed E-state index contributed by atoms with van der Waals surface area (Å²) >= 11 is 0. The Labute approximate surface area is 146 Å². The Morgan fingerprint density at radius 2 is 1.92 bits per heavy atom. The molecule has 5 heteroatoms. The van der Waals surface area contributed by atoms with Gasteiger partial charge in [0, 0.05) is 0 Å². The van der Waals surface area contributed by atoms with E-state index in [1.165, 1.54) is 17.7 Å². The van der Waals surface area contributed by atoms with Crippen LogP contribution in [0.2, 0.25) is 0 Å². The average Bonchev–Trinajstić information content (AvgIpc) is 2.60. The van der Waals surface area contributed by atoms with E-state index in [0.29, 0.717) is 5.56 Å². The van der Waals surface area contributed by atoms with Gasteiger partial charge in [-0.15, -0.1) is 0 Å². The van der Waals surface area contributed by atoms with Crippen LogP contribution in [0, 0.1) is 5.82 Å². The summed E-state index contributed by atoms with van der Waals surface area (Å²) < 4.78 is 13.1. The predicted octanol–water partition coefficient (Wildman–Crippen LogP) is 2.68. The molecule has 0 radical (unpaired) electrons. The molecule has 130 valence electrons. The third kappa shape index (κ3) is 4.66. The number of carbonyl (C=O) groups excluding carboxylic acids is 2. The second kappa shape index (κ2) is 7.92. The fraction of sp³-hybridized carbons (Fsp3) is 0.300. The van der Waals surface area contributed by atoms with Gasteiger partial charge in [0.2, 0.25) is 11.8 Å². The molecule has 0 aromatic heterocycles. The van der Waals surface area contributed by atoms with Gasteiger partial charge in [-0.1, -0.05) is 36.4 Å². The lowest BCUT2D eigenvalue weighted by Gasteiger charge is -2.26. The van der Waals surface area contributed by atoms with Crippen LogP contribution in [-0.2, 0) is 22.4 Å². The van der Waals surface area contributed by atoms with Crippen molar-refractivity contribution in [1.82, 2.24) is 10.6 Å². The van der Waals surface area contributed by atoms with Gasteiger partial charge in [-0.25, -0.2) is 4.39 Å². The first-order chi connectivity index (χ1) is 12.1. The SMILES string of the molecule is O=C(Cc1cccc(F)c1)NCC(=O)NC1CCCc2ccccc21. The third-order valence-corrected chi connectivity index (χ3v) is 4.40. The van der Waals surface area contributed by atoms with Crippen molar-refractivity contribution in [3.05, 3.63) is 71.0 Å². The molecule has 0 saturated carbocycles. The molecule has 25 heavy (non-hydrogen) atoms. The number of nitrogens with one attached hydrogen (secondary N) is 2. The minimum atomic E-state index is -0.376. The summed E-state index contributed by atoms with van der Waals surface area (Å²) in [5.74, 6) is -0.891. The summed E-state index contributed by atoms with van der Waals surface area (Å²) in [6, 6.07) is 14.0. The number of carbonyl (C=O) groups is 2. The van der Waals surface area contributed by atoms with E-state index in [1.54, 1.807) is 12.1 Å². The van der Waals surface area contributed by atoms with Crippen molar-refractivity contribution in [2.24, 2.45) is 0 Å². The van der Waals surface area contributed by atoms with E-state index in [9.17, 15) is 14.0 Å². The van der Waals surface area contributed by atoms with E-state index >= 15 is 0 Å². The second-order valence-electron chi connectivity index (χ2n) is 6.29. The van der Waals surface area contributed by atoms with E-state index in [-0.39, 0.29) is 36.6 Å². The Bertz CT molecular complexity index is 776. The van der Waals surface area contributed by atoms with Crippen LogP contribution in [0.3, 0.4) is 0 Å². The highest BCUT2D eigenvalue weighted by Gasteiger charge is 2.21. The molecule has 2 aromatic rings. The lowest BCUT2D eigenvalue weighted by molar-refractivity contribution is -0.126. The van der Waals surface area contributed by atoms with Gasteiger partial charge in [-0.05, 0) is 48.1 Å². The van der Waals surface area contributed by atoms with Crippen LogP contribution in [0.4, 0.5) is 4.39 Å². The van der Waals surface area contributed by atoms with Gasteiger partial charge in [0.1, 0.15) is 5.82 Å². The van der Waals surface area contributed by atoms with E-state index in [1.807, 2.05) is 18.2 Å². The minimum absolute atomic E-state index is 0.00225. The number of benzene rings is 2. The van der Waals surface area contributed by atoms with Crippen molar-refractivity contribution in [3.8, 4) is 0 Å². The summed E-state index contributed by atoms with van der Waals surface area (Å²) in [6.07, 6.45) is 3.03. The zero-order chi connectivity index (χ0) is 17.6. The van der Waals surface area contributed by atoms with Crippen LogP contribution in [-0.4, -0.2) is 18.4 Å². The van der Waals surface area contributed by atoms with Gasteiger partial charge in [-0.3, -0.25) is 9.59 Å². The maximum atomic E-state index is 13.1. The van der Waals surface area contributed by atoms with Crippen LogP contribution in [0.15, 0.2) is 48.5 Å².